The number of nitrogens with zero attached hydrogens (tertiary/aromatic N) is 2. The van der Waals surface area contributed by atoms with Gasteiger partial charge in [-0.1, -0.05) is 42.5 Å². The Morgan fingerprint density at radius 2 is 1.71 bits per heavy atom. The summed E-state index contributed by atoms with van der Waals surface area (Å²) in [7, 11) is 1.59. The molecule has 3 amide bonds. The van der Waals surface area contributed by atoms with Crippen LogP contribution in [0.2, 0.25) is 0 Å². The number of para-hydroxylation sites is 2. The van der Waals surface area contributed by atoms with E-state index in [-0.39, 0.29) is 11.3 Å². The van der Waals surface area contributed by atoms with Crippen molar-refractivity contribution in [1.82, 2.24) is 9.88 Å². The van der Waals surface area contributed by atoms with E-state index in [1.807, 2.05) is 48.5 Å². The highest BCUT2D eigenvalue weighted by molar-refractivity contribution is 6.23. The normalized spacial score (nSPS) is 19.1. The standard InChI is InChI=1S/C27H21N3O5/c1-35-16-12-10-15(11-13-16)24-23-19(17-6-2-4-8-20(17)28-23)14-22-25(31)30(27(34)29(22)24)21-9-5-3-7-18(21)26(32)33/h2-13,22,24,28H,14H2,1H3,(H,32,33). The van der Waals surface area contributed by atoms with E-state index in [4.69, 9.17) is 4.74 Å². The number of carboxylic acid groups (broad SMARTS) is 1. The van der Waals surface area contributed by atoms with Crippen molar-refractivity contribution in [2.45, 2.75) is 18.5 Å². The number of nitrogens with one attached hydrogen (secondary N) is 1. The maximum absolute atomic E-state index is 13.9. The first-order valence-corrected chi connectivity index (χ1v) is 11.2. The van der Waals surface area contributed by atoms with Gasteiger partial charge in [-0.3, -0.25) is 9.69 Å². The zero-order valence-corrected chi connectivity index (χ0v) is 18.8. The summed E-state index contributed by atoms with van der Waals surface area (Å²) in [4.78, 5) is 45.5. The summed E-state index contributed by atoms with van der Waals surface area (Å²) >= 11 is 0. The summed E-state index contributed by atoms with van der Waals surface area (Å²) in [5.74, 6) is -0.953. The van der Waals surface area contributed by atoms with Gasteiger partial charge in [0.05, 0.1) is 18.4 Å². The molecule has 2 unspecified atom stereocenters. The Labute approximate surface area is 200 Å². The van der Waals surface area contributed by atoms with E-state index < -0.39 is 30.0 Å². The van der Waals surface area contributed by atoms with Gasteiger partial charge in [-0.25, -0.2) is 14.5 Å². The van der Waals surface area contributed by atoms with Gasteiger partial charge in [-0.05, 0) is 41.5 Å². The number of amides is 3. The van der Waals surface area contributed by atoms with Crippen LogP contribution in [0.25, 0.3) is 10.9 Å². The highest BCUT2D eigenvalue weighted by Crippen LogP contribution is 2.45. The minimum Gasteiger partial charge on any atom is -0.497 e. The minimum absolute atomic E-state index is 0.0754. The van der Waals surface area contributed by atoms with Gasteiger partial charge < -0.3 is 14.8 Å². The third-order valence-corrected chi connectivity index (χ3v) is 6.86. The third-order valence-electron chi connectivity index (χ3n) is 6.86. The molecule has 4 aromatic rings. The number of benzene rings is 3. The van der Waals surface area contributed by atoms with E-state index in [1.165, 1.54) is 12.1 Å². The molecule has 8 nitrogen and oxygen atoms in total. The number of carbonyl (C=O) groups excluding carboxylic acids is 2. The smallest absolute Gasteiger partial charge is 0.337 e. The van der Waals surface area contributed by atoms with Crippen molar-refractivity contribution in [2.75, 3.05) is 12.0 Å². The Kier molecular flexibility index (Phi) is 4.63. The summed E-state index contributed by atoms with van der Waals surface area (Å²) in [6.07, 6.45) is 0.336. The van der Waals surface area contributed by atoms with Crippen molar-refractivity contribution in [3.8, 4) is 5.75 Å². The van der Waals surface area contributed by atoms with Crippen molar-refractivity contribution in [3.63, 3.8) is 0 Å². The van der Waals surface area contributed by atoms with Crippen LogP contribution in [0.4, 0.5) is 10.5 Å². The lowest BCUT2D eigenvalue weighted by Crippen LogP contribution is -2.44. The van der Waals surface area contributed by atoms with Crippen molar-refractivity contribution in [3.05, 3.63) is 95.2 Å². The molecule has 3 aromatic carbocycles. The number of H-pyrrole nitrogens is 1. The van der Waals surface area contributed by atoms with Crippen molar-refractivity contribution >= 4 is 34.5 Å². The van der Waals surface area contributed by atoms with Gasteiger partial charge in [0.25, 0.3) is 5.91 Å². The predicted molar refractivity (Wildman–Crippen MR) is 129 cm³/mol. The van der Waals surface area contributed by atoms with Crippen molar-refractivity contribution in [1.29, 1.82) is 0 Å². The maximum atomic E-state index is 13.9. The minimum atomic E-state index is -1.20. The van der Waals surface area contributed by atoms with Crippen molar-refractivity contribution < 1.29 is 24.2 Å². The van der Waals surface area contributed by atoms with Crippen LogP contribution in [-0.4, -0.2) is 46.0 Å². The molecule has 0 radical (unpaired) electrons. The van der Waals surface area contributed by atoms with E-state index in [0.717, 1.165) is 32.6 Å². The highest BCUT2D eigenvalue weighted by atomic mass is 16.5. The van der Waals surface area contributed by atoms with Gasteiger partial charge in [0.1, 0.15) is 17.8 Å². The molecule has 0 spiro atoms. The molecule has 0 bridgehead atoms. The van der Waals surface area contributed by atoms with E-state index in [0.29, 0.717) is 12.2 Å². The second-order valence-electron chi connectivity index (χ2n) is 8.64. The number of aromatic nitrogens is 1. The summed E-state index contributed by atoms with van der Waals surface area (Å²) in [6.45, 7) is 0. The van der Waals surface area contributed by atoms with Crippen molar-refractivity contribution in [2.24, 2.45) is 0 Å². The number of imide groups is 1. The molecule has 8 heteroatoms. The number of anilines is 1. The van der Waals surface area contributed by atoms with Gasteiger partial charge in [0.2, 0.25) is 0 Å². The fraction of sp³-hybridized carbons (Fsp3) is 0.148. The first-order valence-electron chi connectivity index (χ1n) is 11.2. The number of rotatable bonds is 4. The summed E-state index contributed by atoms with van der Waals surface area (Å²) in [6, 6.07) is 19.5. The lowest BCUT2D eigenvalue weighted by molar-refractivity contribution is -0.120. The second kappa shape index (κ2) is 7.73. The van der Waals surface area contributed by atoms with Crippen LogP contribution in [0.15, 0.2) is 72.8 Å². The average Bonchev–Trinajstić information content (AvgIpc) is 3.37. The van der Waals surface area contributed by atoms with Crippen LogP contribution >= 0.6 is 0 Å². The number of carboxylic acids is 1. The first-order chi connectivity index (χ1) is 17.0. The first kappa shape index (κ1) is 21.0. The van der Waals surface area contributed by atoms with E-state index >= 15 is 0 Å². The van der Waals surface area contributed by atoms with Gasteiger partial charge in [0, 0.05) is 23.0 Å². The fourth-order valence-corrected chi connectivity index (χ4v) is 5.28. The molecule has 0 saturated carbocycles. The highest BCUT2D eigenvalue weighted by Gasteiger charge is 2.53. The van der Waals surface area contributed by atoms with Crippen LogP contribution in [-0.2, 0) is 11.2 Å². The monoisotopic (exact) mass is 467 g/mol. The molecule has 1 aromatic heterocycles. The molecule has 35 heavy (non-hydrogen) atoms. The fourth-order valence-electron chi connectivity index (χ4n) is 5.28. The molecular formula is C27H21N3O5. The molecule has 2 atom stereocenters. The molecule has 6 rings (SSSR count). The van der Waals surface area contributed by atoms with E-state index in [2.05, 4.69) is 4.98 Å². The quantitative estimate of drug-likeness (QED) is 0.434. The average molecular weight is 467 g/mol. The number of aromatic amines is 1. The van der Waals surface area contributed by atoms with Gasteiger partial charge in [-0.15, -0.1) is 0 Å². The second-order valence-corrected chi connectivity index (χ2v) is 8.64. The molecule has 1 fully saturated rings. The molecule has 2 aliphatic heterocycles. The molecule has 0 aliphatic carbocycles. The Bertz CT molecular complexity index is 1510. The zero-order valence-electron chi connectivity index (χ0n) is 18.8. The molecule has 2 N–H and O–H groups in total. The van der Waals surface area contributed by atoms with Gasteiger partial charge in [-0.2, -0.15) is 0 Å². The lowest BCUT2D eigenvalue weighted by Gasteiger charge is -2.36. The van der Waals surface area contributed by atoms with Crippen LogP contribution in [0, 0.1) is 0 Å². The number of fused-ring (bicyclic) bond motifs is 4. The molecular weight excluding hydrogens is 446 g/mol. The number of aromatic carboxylic acids is 1. The number of hydrogen-bond acceptors (Lipinski definition) is 4. The maximum Gasteiger partial charge on any atom is 0.337 e. The third kappa shape index (κ3) is 3.03. The summed E-state index contributed by atoms with van der Waals surface area (Å²) in [5, 5.41) is 10.7. The number of carbonyl (C=O) groups is 3. The number of urea groups is 1. The number of ether oxygens (including phenoxy) is 1. The lowest BCUT2D eigenvalue weighted by atomic mass is 9.89. The molecule has 174 valence electrons. The van der Waals surface area contributed by atoms with E-state index in [1.54, 1.807) is 24.1 Å². The zero-order chi connectivity index (χ0) is 24.3. The SMILES string of the molecule is COc1ccc(C2c3[nH]c4ccccc4c3CC3C(=O)N(c4ccccc4C(=O)O)C(=O)N32)cc1. The Balaban J connectivity index is 1.54. The number of hydrogen-bond donors (Lipinski definition) is 2. The number of methoxy groups -OCH3 is 1. The Hall–Kier alpha value is -4.59. The topological polar surface area (TPSA) is 103 Å². The summed E-state index contributed by atoms with van der Waals surface area (Å²) in [5.41, 5.74) is 3.56. The molecule has 2 aliphatic rings. The largest absolute Gasteiger partial charge is 0.497 e. The van der Waals surface area contributed by atoms with Crippen LogP contribution in [0.3, 0.4) is 0 Å². The van der Waals surface area contributed by atoms with Gasteiger partial charge >= 0.3 is 12.0 Å². The van der Waals surface area contributed by atoms with Gasteiger partial charge in [0.15, 0.2) is 0 Å². The van der Waals surface area contributed by atoms with Crippen LogP contribution in [0.5, 0.6) is 5.75 Å². The Morgan fingerprint density at radius 1 is 1.00 bits per heavy atom. The van der Waals surface area contributed by atoms with Crippen LogP contribution < -0.4 is 9.64 Å². The Morgan fingerprint density at radius 3 is 2.46 bits per heavy atom. The molecule has 3 heterocycles. The predicted octanol–water partition coefficient (Wildman–Crippen LogP) is 4.36. The summed E-state index contributed by atoms with van der Waals surface area (Å²) < 4.78 is 5.30. The molecule has 1 saturated heterocycles. The van der Waals surface area contributed by atoms with Crippen LogP contribution in [0.1, 0.15) is 33.2 Å². The van der Waals surface area contributed by atoms with E-state index in [9.17, 15) is 19.5 Å².